The summed E-state index contributed by atoms with van der Waals surface area (Å²) in [5, 5.41) is 0. The third kappa shape index (κ3) is 5.36. The zero-order valence-corrected chi connectivity index (χ0v) is 17.9. The molecular formula is C21H20BrN3O3S. The molecule has 3 aromatic carbocycles. The number of sulfonamides is 1. The molecule has 8 heteroatoms. The van der Waals surface area contributed by atoms with Crippen molar-refractivity contribution in [2.45, 2.75) is 6.42 Å². The van der Waals surface area contributed by atoms with Gasteiger partial charge in [-0.15, -0.1) is 0 Å². The van der Waals surface area contributed by atoms with Crippen LogP contribution in [0.1, 0.15) is 5.56 Å². The van der Waals surface area contributed by atoms with Gasteiger partial charge in [0, 0.05) is 4.47 Å². The van der Waals surface area contributed by atoms with Crippen LogP contribution in [0.5, 0.6) is 0 Å². The number of carbonyl (C=O) groups excluding carboxylic acids is 1. The Kier molecular flexibility index (Phi) is 6.56. The van der Waals surface area contributed by atoms with Crippen molar-refractivity contribution in [2.24, 2.45) is 5.73 Å². The molecule has 3 rings (SSSR count). The fourth-order valence-electron chi connectivity index (χ4n) is 2.87. The maximum atomic E-state index is 12.7. The lowest BCUT2D eigenvalue weighted by molar-refractivity contribution is 0.256. The number of benzene rings is 3. The molecule has 0 atom stereocenters. The Balaban J connectivity index is 1.89. The van der Waals surface area contributed by atoms with Crippen molar-refractivity contribution in [2.75, 3.05) is 15.4 Å². The van der Waals surface area contributed by atoms with Crippen molar-refractivity contribution in [3.05, 3.63) is 88.9 Å². The molecule has 29 heavy (non-hydrogen) atoms. The summed E-state index contributed by atoms with van der Waals surface area (Å²) in [4.78, 5) is 13.5. The highest BCUT2D eigenvalue weighted by molar-refractivity contribution is 9.10. The number of primary amides is 1. The number of para-hydroxylation sites is 3. The summed E-state index contributed by atoms with van der Waals surface area (Å²) in [6.07, 6.45) is 0.377. The van der Waals surface area contributed by atoms with E-state index in [2.05, 4.69) is 20.7 Å². The van der Waals surface area contributed by atoms with E-state index in [-0.39, 0.29) is 11.4 Å². The number of carbonyl (C=O) groups is 1. The Morgan fingerprint density at radius 1 is 0.897 bits per heavy atom. The van der Waals surface area contributed by atoms with Gasteiger partial charge in [-0.1, -0.05) is 54.6 Å². The van der Waals surface area contributed by atoms with Crippen LogP contribution in [0.15, 0.2) is 83.3 Å². The minimum absolute atomic E-state index is 0.0864. The minimum atomic E-state index is -3.65. The highest BCUT2D eigenvalue weighted by Gasteiger charge is 2.22. The molecule has 0 radical (unpaired) electrons. The molecule has 0 saturated carbocycles. The van der Waals surface area contributed by atoms with Gasteiger partial charge in [-0.05, 0) is 52.2 Å². The van der Waals surface area contributed by atoms with Crippen molar-refractivity contribution < 1.29 is 13.2 Å². The number of nitrogens with zero attached hydrogens (tertiary/aromatic N) is 1. The number of nitrogens with two attached hydrogens (primary N) is 1. The number of halogens is 1. The Morgan fingerprint density at radius 3 is 2.14 bits per heavy atom. The highest BCUT2D eigenvalue weighted by atomic mass is 79.9. The molecule has 0 fully saturated rings. The van der Waals surface area contributed by atoms with Gasteiger partial charge in [0.05, 0.1) is 22.8 Å². The van der Waals surface area contributed by atoms with Gasteiger partial charge in [0.15, 0.2) is 0 Å². The number of amides is 2. The molecule has 0 bridgehead atoms. The first-order valence-corrected chi connectivity index (χ1v) is 11.3. The normalized spacial score (nSPS) is 11.1. The molecule has 150 valence electrons. The number of aryl methyl sites for hydroxylation is 1. The number of nitrogens with one attached hydrogen (secondary N) is 1. The predicted molar refractivity (Wildman–Crippen MR) is 120 cm³/mol. The summed E-state index contributed by atoms with van der Waals surface area (Å²) in [6, 6.07) is 22.4. The van der Waals surface area contributed by atoms with Crippen molar-refractivity contribution in [3.63, 3.8) is 0 Å². The maximum Gasteiger partial charge on any atom is 0.323 e. The van der Waals surface area contributed by atoms with E-state index in [1.807, 2.05) is 36.4 Å². The predicted octanol–water partition coefficient (Wildman–Crippen LogP) is 4.65. The van der Waals surface area contributed by atoms with Gasteiger partial charge in [-0.25, -0.2) is 13.2 Å². The molecule has 0 unspecified atom stereocenters. The van der Waals surface area contributed by atoms with E-state index in [4.69, 9.17) is 5.73 Å². The smallest absolute Gasteiger partial charge is 0.323 e. The second-order valence-corrected chi connectivity index (χ2v) is 8.99. The second-order valence-electron chi connectivity index (χ2n) is 6.30. The van der Waals surface area contributed by atoms with Crippen LogP contribution in [0, 0.1) is 0 Å². The highest BCUT2D eigenvalue weighted by Crippen LogP contribution is 2.36. The number of rotatable bonds is 7. The summed E-state index contributed by atoms with van der Waals surface area (Å²) in [6.45, 7) is 0. The van der Waals surface area contributed by atoms with Gasteiger partial charge >= 0.3 is 6.03 Å². The molecule has 2 amide bonds. The van der Waals surface area contributed by atoms with Crippen LogP contribution < -0.4 is 15.4 Å². The number of hydrogen-bond donors (Lipinski definition) is 2. The van der Waals surface area contributed by atoms with E-state index in [0.29, 0.717) is 22.3 Å². The molecule has 0 aromatic heterocycles. The summed E-state index contributed by atoms with van der Waals surface area (Å²) < 4.78 is 28.6. The van der Waals surface area contributed by atoms with E-state index < -0.39 is 16.1 Å². The van der Waals surface area contributed by atoms with Gasteiger partial charge in [0.1, 0.15) is 0 Å². The Morgan fingerprint density at radius 2 is 1.48 bits per heavy atom. The summed E-state index contributed by atoms with van der Waals surface area (Å²) in [7, 11) is -3.65. The number of hydrogen-bond acceptors (Lipinski definition) is 3. The zero-order chi connectivity index (χ0) is 20.9. The quantitative estimate of drug-likeness (QED) is 0.522. The summed E-state index contributed by atoms with van der Waals surface area (Å²) >= 11 is 3.41. The van der Waals surface area contributed by atoms with E-state index in [1.54, 1.807) is 42.5 Å². The molecule has 3 N–H and O–H groups in total. The molecule has 0 spiro atoms. The fraction of sp³-hybridized carbons (Fsp3) is 0.0952. The van der Waals surface area contributed by atoms with Crippen LogP contribution in [0.25, 0.3) is 0 Å². The lowest BCUT2D eigenvalue weighted by Crippen LogP contribution is -2.32. The molecule has 3 aromatic rings. The van der Waals surface area contributed by atoms with Gasteiger partial charge in [0.2, 0.25) is 10.0 Å². The first kappa shape index (κ1) is 20.9. The minimum Gasteiger partial charge on any atom is -0.351 e. The average Bonchev–Trinajstić information content (AvgIpc) is 2.70. The molecule has 0 heterocycles. The monoisotopic (exact) mass is 473 g/mol. The lowest BCUT2D eigenvalue weighted by atomic mass is 10.2. The zero-order valence-electron chi connectivity index (χ0n) is 15.5. The van der Waals surface area contributed by atoms with Gasteiger partial charge in [0.25, 0.3) is 0 Å². The second kappa shape index (κ2) is 9.11. The molecular weight excluding hydrogens is 454 g/mol. The maximum absolute atomic E-state index is 12.7. The standard InChI is InChI=1S/C21H20BrN3O3S/c22-17-10-4-6-12-19(17)25(21(23)26)20-13-7-5-11-18(20)24-29(27,28)15-14-16-8-2-1-3-9-16/h1-13,24H,14-15H2,(H2,23,26). The van der Waals surface area contributed by atoms with Gasteiger partial charge in [-0.2, -0.15) is 0 Å². The van der Waals surface area contributed by atoms with Crippen molar-refractivity contribution in [3.8, 4) is 0 Å². The summed E-state index contributed by atoms with van der Waals surface area (Å²) in [5.41, 5.74) is 7.68. The number of anilines is 3. The average molecular weight is 474 g/mol. The Bertz CT molecular complexity index is 1100. The lowest BCUT2D eigenvalue weighted by Gasteiger charge is -2.24. The topological polar surface area (TPSA) is 92.5 Å². The van der Waals surface area contributed by atoms with Crippen molar-refractivity contribution >= 4 is 49.0 Å². The van der Waals surface area contributed by atoms with Crippen LogP contribution in [-0.4, -0.2) is 20.2 Å². The molecule has 6 nitrogen and oxygen atoms in total. The van der Waals surface area contributed by atoms with Gasteiger partial charge < -0.3 is 5.73 Å². The summed E-state index contributed by atoms with van der Waals surface area (Å²) in [5.74, 6) is -0.0864. The van der Waals surface area contributed by atoms with Crippen LogP contribution in [0.2, 0.25) is 0 Å². The largest absolute Gasteiger partial charge is 0.351 e. The van der Waals surface area contributed by atoms with Crippen LogP contribution in [-0.2, 0) is 16.4 Å². The van der Waals surface area contributed by atoms with E-state index in [0.717, 1.165) is 5.56 Å². The van der Waals surface area contributed by atoms with E-state index in [9.17, 15) is 13.2 Å². The SMILES string of the molecule is NC(=O)N(c1ccccc1Br)c1ccccc1NS(=O)(=O)CCc1ccccc1. The van der Waals surface area contributed by atoms with Crippen LogP contribution in [0.3, 0.4) is 0 Å². The van der Waals surface area contributed by atoms with Gasteiger partial charge in [-0.3, -0.25) is 9.62 Å². The molecule has 0 aliphatic heterocycles. The first-order valence-electron chi connectivity index (χ1n) is 8.85. The molecule has 0 saturated heterocycles. The third-order valence-corrected chi connectivity index (χ3v) is 6.17. The van der Waals surface area contributed by atoms with Crippen LogP contribution in [0.4, 0.5) is 21.9 Å². The van der Waals surface area contributed by atoms with E-state index in [1.165, 1.54) is 4.90 Å². The molecule has 0 aliphatic carbocycles. The van der Waals surface area contributed by atoms with Crippen molar-refractivity contribution in [1.82, 2.24) is 0 Å². The Hall–Kier alpha value is -2.84. The number of urea groups is 1. The van der Waals surface area contributed by atoms with Crippen molar-refractivity contribution in [1.29, 1.82) is 0 Å². The van der Waals surface area contributed by atoms with Crippen LogP contribution >= 0.6 is 15.9 Å². The fourth-order valence-corrected chi connectivity index (χ4v) is 4.45. The first-order chi connectivity index (χ1) is 13.9. The Labute approximate surface area is 178 Å². The molecule has 0 aliphatic rings. The third-order valence-electron chi connectivity index (χ3n) is 4.23. The van der Waals surface area contributed by atoms with E-state index >= 15 is 0 Å².